The van der Waals surface area contributed by atoms with Gasteiger partial charge in [-0.1, -0.05) is 6.07 Å². The highest BCUT2D eigenvalue weighted by Gasteiger charge is 2.24. The van der Waals surface area contributed by atoms with Crippen LogP contribution in [0.2, 0.25) is 0 Å². The molecule has 1 heterocycles. The molecule has 1 N–H and O–H groups in total. The molecule has 0 aromatic heterocycles. The minimum absolute atomic E-state index is 0.00588. The van der Waals surface area contributed by atoms with Crippen LogP contribution in [-0.2, 0) is 17.9 Å². The first-order chi connectivity index (χ1) is 8.11. The van der Waals surface area contributed by atoms with Crippen molar-refractivity contribution in [3.63, 3.8) is 0 Å². The maximum absolute atomic E-state index is 11.7. The number of nitrogens with one attached hydrogen (secondary N) is 1. The van der Waals surface area contributed by atoms with Gasteiger partial charge < -0.3 is 10.2 Å². The van der Waals surface area contributed by atoms with Crippen LogP contribution in [0, 0.1) is 10.1 Å². The summed E-state index contributed by atoms with van der Waals surface area (Å²) in [6, 6.07) is 4.74. The van der Waals surface area contributed by atoms with Crippen molar-refractivity contribution in [2.75, 3.05) is 13.6 Å². The maximum Gasteiger partial charge on any atom is 0.269 e. The minimum atomic E-state index is -0.418. The van der Waals surface area contributed by atoms with E-state index in [0.717, 1.165) is 11.1 Å². The largest absolute Gasteiger partial charge is 0.333 e. The molecule has 0 saturated heterocycles. The smallest absolute Gasteiger partial charge is 0.269 e. The maximum atomic E-state index is 11.7. The SMILES string of the molecule is CNCC(=O)N1Cc2ccc([N+](=O)[O-])cc2C1. The second kappa shape index (κ2) is 4.50. The van der Waals surface area contributed by atoms with Crippen LogP contribution in [-0.4, -0.2) is 29.3 Å². The number of nitro benzene ring substituents is 1. The standard InChI is InChI=1S/C11H13N3O3/c1-12-5-11(15)13-6-8-2-3-10(14(16)17)4-9(8)7-13/h2-4,12H,5-7H2,1H3. The van der Waals surface area contributed by atoms with Crippen LogP contribution in [0.15, 0.2) is 18.2 Å². The molecule has 0 atom stereocenters. The fourth-order valence-electron chi connectivity index (χ4n) is 1.93. The number of carbonyl (C=O) groups excluding carboxylic acids is 1. The van der Waals surface area contributed by atoms with Gasteiger partial charge >= 0.3 is 0 Å². The van der Waals surface area contributed by atoms with Crippen molar-refractivity contribution in [3.8, 4) is 0 Å². The number of carbonyl (C=O) groups is 1. The van der Waals surface area contributed by atoms with Gasteiger partial charge in [-0.3, -0.25) is 14.9 Å². The van der Waals surface area contributed by atoms with Crippen LogP contribution in [0.25, 0.3) is 0 Å². The van der Waals surface area contributed by atoms with Gasteiger partial charge in [-0.15, -0.1) is 0 Å². The molecule has 6 nitrogen and oxygen atoms in total. The Morgan fingerprint density at radius 3 is 2.82 bits per heavy atom. The molecule has 1 aromatic rings. The third-order valence-corrected chi connectivity index (χ3v) is 2.80. The van der Waals surface area contributed by atoms with Gasteiger partial charge in [0.05, 0.1) is 11.5 Å². The van der Waals surface area contributed by atoms with Crippen molar-refractivity contribution in [2.45, 2.75) is 13.1 Å². The van der Waals surface area contributed by atoms with Crippen LogP contribution < -0.4 is 5.32 Å². The Morgan fingerprint density at radius 2 is 2.18 bits per heavy atom. The molecule has 0 bridgehead atoms. The molecule has 17 heavy (non-hydrogen) atoms. The summed E-state index contributed by atoms with van der Waals surface area (Å²) >= 11 is 0. The van der Waals surface area contributed by atoms with Crippen molar-refractivity contribution in [1.82, 2.24) is 10.2 Å². The van der Waals surface area contributed by atoms with Gasteiger partial charge in [0.15, 0.2) is 0 Å². The summed E-state index contributed by atoms with van der Waals surface area (Å²) in [5.74, 6) is 0.00588. The normalized spacial score (nSPS) is 13.6. The molecular weight excluding hydrogens is 222 g/mol. The second-order valence-electron chi connectivity index (χ2n) is 3.99. The number of nitrogens with zero attached hydrogens (tertiary/aromatic N) is 2. The second-order valence-corrected chi connectivity index (χ2v) is 3.99. The lowest BCUT2D eigenvalue weighted by Crippen LogP contribution is -2.33. The van der Waals surface area contributed by atoms with Gasteiger partial charge in [0.2, 0.25) is 5.91 Å². The van der Waals surface area contributed by atoms with E-state index in [4.69, 9.17) is 0 Å². The Hall–Kier alpha value is -1.95. The summed E-state index contributed by atoms with van der Waals surface area (Å²) in [6.07, 6.45) is 0. The third kappa shape index (κ3) is 2.26. The van der Waals surface area contributed by atoms with E-state index in [1.807, 2.05) is 0 Å². The number of rotatable bonds is 3. The number of hydrogen-bond acceptors (Lipinski definition) is 4. The van der Waals surface area contributed by atoms with E-state index in [9.17, 15) is 14.9 Å². The number of likely N-dealkylation sites (N-methyl/N-ethyl adjacent to an activating group) is 1. The molecule has 1 aromatic carbocycles. The van der Waals surface area contributed by atoms with Crippen molar-refractivity contribution in [1.29, 1.82) is 0 Å². The summed E-state index contributed by atoms with van der Waals surface area (Å²) in [5, 5.41) is 13.4. The zero-order valence-electron chi connectivity index (χ0n) is 9.47. The van der Waals surface area contributed by atoms with Crippen molar-refractivity contribution in [3.05, 3.63) is 39.4 Å². The predicted octanol–water partition coefficient (Wildman–Crippen LogP) is 0.656. The lowest BCUT2D eigenvalue weighted by Gasteiger charge is -2.14. The highest BCUT2D eigenvalue weighted by Crippen LogP contribution is 2.26. The average molecular weight is 235 g/mol. The molecule has 0 saturated carbocycles. The van der Waals surface area contributed by atoms with E-state index in [1.54, 1.807) is 24.1 Å². The molecule has 90 valence electrons. The fourth-order valence-corrected chi connectivity index (χ4v) is 1.93. The summed E-state index contributed by atoms with van der Waals surface area (Å²) in [4.78, 5) is 23.6. The molecule has 0 fully saturated rings. The number of nitro groups is 1. The van der Waals surface area contributed by atoms with Crippen molar-refractivity contribution in [2.24, 2.45) is 0 Å². The number of fused-ring (bicyclic) bond motifs is 1. The summed E-state index contributed by atoms with van der Waals surface area (Å²) in [5.41, 5.74) is 1.93. The van der Waals surface area contributed by atoms with Gasteiger partial charge in [-0.25, -0.2) is 0 Å². The quantitative estimate of drug-likeness (QED) is 0.616. The van der Waals surface area contributed by atoms with E-state index in [0.29, 0.717) is 13.1 Å². The fraction of sp³-hybridized carbons (Fsp3) is 0.364. The van der Waals surface area contributed by atoms with E-state index in [2.05, 4.69) is 5.32 Å². The number of non-ortho nitro benzene ring substituents is 1. The molecule has 0 unspecified atom stereocenters. The lowest BCUT2D eigenvalue weighted by molar-refractivity contribution is -0.384. The third-order valence-electron chi connectivity index (χ3n) is 2.80. The highest BCUT2D eigenvalue weighted by molar-refractivity contribution is 5.79. The Bertz CT molecular complexity index is 473. The highest BCUT2D eigenvalue weighted by atomic mass is 16.6. The first-order valence-electron chi connectivity index (χ1n) is 5.30. The van der Waals surface area contributed by atoms with Crippen molar-refractivity contribution >= 4 is 11.6 Å². The molecule has 2 rings (SSSR count). The first-order valence-corrected chi connectivity index (χ1v) is 5.30. The van der Waals surface area contributed by atoms with Crippen molar-refractivity contribution < 1.29 is 9.72 Å². The Labute approximate surface area is 98.4 Å². The Kier molecular flexibility index (Phi) is 3.06. The van der Waals surface area contributed by atoms with Crippen LogP contribution in [0.4, 0.5) is 5.69 Å². The predicted molar refractivity (Wildman–Crippen MR) is 61.3 cm³/mol. The van der Waals surface area contributed by atoms with E-state index < -0.39 is 4.92 Å². The summed E-state index contributed by atoms with van der Waals surface area (Å²) < 4.78 is 0. The topological polar surface area (TPSA) is 75.5 Å². The van der Waals surface area contributed by atoms with Crippen LogP contribution in [0.3, 0.4) is 0 Å². The first kappa shape index (κ1) is 11.5. The zero-order valence-corrected chi connectivity index (χ0v) is 9.47. The van der Waals surface area contributed by atoms with Gasteiger partial charge in [-0.05, 0) is 18.2 Å². The minimum Gasteiger partial charge on any atom is -0.333 e. The monoisotopic (exact) mass is 235 g/mol. The van der Waals surface area contributed by atoms with Gasteiger partial charge in [-0.2, -0.15) is 0 Å². The van der Waals surface area contributed by atoms with Crippen LogP contribution in [0.1, 0.15) is 11.1 Å². The molecule has 1 aliphatic heterocycles. The Balaban J connectivity index is 2.16. The lowest BCUT2D eigenvalue weighted by atomic mass is 10.1. The van der Waals surface area contributed by atoms with Gasteiger partial charge in [0.1, 0.15) is 0 Å². The molecule has 0 spiro atoms. The van der Waals surface area contributed by atoms with E-state index >= 15 is 0 Å². The van der Waals surface area contributed by atoms with Gasteiger partial charge in [0.25, 0.3) is 5.69 Å². The average Bonchev–Trinajstić information content (AvgIpc) is 2.71. The molecule has 0 radical (unpaired) electrons. The summed E-state index contributed by atoms with van der Waals surface area (Å²) in [7, 11) is 1.71. The molecular formula is C11H13N3O3. The van der Waals surface area contributed by atoms with E-state index in [-0.39, 0.29) is 18.1 Å². The summed E-state index contributed by atoms with van der Waals surface area (Å²) in [6.45, 7) is 1.28. The van der Waals surface area contributed by atoms with Gasteiger partial charge in [0, 0.05) is 25.2 Å². The molecule has 1 amide bonds. The zero-order chi connectivity index (χ0) is 12.4. The van der Waals surface area contributed by atoms with Crippen LogP contribution in [0.5, 0.6) is 0 Å². The molecule has 6 heteroatoms. The van der Waals surface area contributed by atoms with Crippen LogP contribution >= 0.6 is 0 Å². The molecule has 0 aliphatic carbocycles. The Morgan fingerprint density at radius 1 is 1.47 bits per heavy atom. The van der Waals surface area contributed by atoms with E-state index in [1.165, 1.54) is 6.07 Å². The molecule has 1 aliphatic rings. The number of benzene rings is 1. The number of amides is 1. The number of hydrogen-bond donors (Lipinski definition) is 1.